The summed E-state index contributed by atoms with van der Waals surface area (Å²) in [6, 6.07) is 6.79. The third-order valence-electron chi connectivity index (χ3n) is 2.61. The van der Waals surface area contributed by atoms with Crippen molar-refractivity contribution in [3.63, 3.8) is 0 Å². The lowest BCUT2D eigenvalue weighted by atomic mass is 10.1. The molecule has 3 heteroatoms. The molecule has 2 rings (SSSR count). The normalized spacial score (nSPS) is 10.7. The standard InChI is InChI=1S/C13H15FN2/c1-3-4-10-7-9-5-6-11(14)8-12(9)16-13(10)15-2/h5-8H,3-4H2,1-2H3,(H,15,16). The molecule has 0 unspecified atom stereocenters. The SMILES string of the molecule is CCCc1cc2ccc(F)cc2nc1NC. The van der Waals surface area contributed by atoms with E-state index in [4.69, 9.17) is 0 Å². The maximum atomic E-state index is 13.1. The number of fused-ring (bicyclic) bond motifs is 1. The Kier molecular flexibility index (Phi) is 3.04. The summed E-state index contributed by atoms with van der Waals surface area (Å²) in [4.78, 5) is 4.42. The van der Waals surface area contributed by atoms with Gasteiger partial charge in [0.15, 0.2) is 0 Å². The van der Waals surface area contributed by atoms with Crippen molar-refractivity contribution in [1.82, 2.24) is 4.98 Å². The van der Waals surface area contributed by atoms with Gasteiger partial charge in [0.05, 0.1) is 5.52 Å². The molecule has 1 heterocycles. The van der Waals surface area contributed by atoms with Crippen LogP contribution in [0.25, 0.3) is 10.9 Å². The van der Waals surface area contributed by atoms with E-state index in [2.05, 4.69) is 23.3 Å². The van der Waals surface area contributed by atoms with Gasteiger partial charge in [0.1, 0.15) is 11.6 Å². The van der Waals surface area contributed by atoms with Crippen LogP contribution in [-0.2, 0) is 6.42 Å². The number of hydrogen-bond donors (Lipinski definition) is 1. The lowest BCUT2D eigenvalue weighted by Gasteiger charge is -2.09. The average molecular weight is 218 g/mol. The number of anilines is 1. The van der Waals surface area contributed by atoms with Gasteiger partial charge in [-0.2, -0.15) is 0 Å². The molecule has 0 aliphatic carbocycles. The molecular formula is C13H15FN2. The Labute approximate surface area is 94.5 Å². The van der Waals surface area contributed by atoms with Crippen LogP contribution in [0, 0.1) is 5.82 Å². The van der Waals surface area contributed by atoms with Gasteiger partial charge >= 0.3 is 0 Å². The Morgan fingerprint density at radius 1 is 1.31 bits per heavy atom. The van der Waals surface area contributed by atoms with E-state index in [0.717, 1.165) is 24.0 Å². The van der Waals surface area contributed by atoms with Crippen molar-refractivity contribution >= 4 is 16.7 Å². The molecule has 0 radical (unpaired) electrons. The van der Waals surface area contributed by atoms with Gasteiger partial charge in [-0.1, -0.05) is 13.3 Å². The van der Waals surface area contributed by atoms with E-state index >= 15 is 0 Å². The van der Waals surface area contributed by atoms with Crippen LogP contribution in [-0.4, -0.2) is 12.0 Å². The van der Waals surface area contributed by atoms with Crippen LogP contribution >= 0.6 is 0 Å². The topological polar surface area (TPSA) is 24.9 Å². The van der Waals surface area contributed by atoms with Crippen LogP contribution in [0.4, 0.5) is 10.2 Å². The zero-order chi connectivity index (χ0) is 11.5. The molecule has 0 fully saturated rings. The maximum Gasteiger partial charge on any atom is 0.129 e. The quantitative estimate of drug-likeness (QED) is 0.854. The highest BCUT2D eigenvalue weighted by molar-refractivity contribution is 5.81. The molecule has 0 aliphatic heterocycles. The number of rotatable bonds is 3. The molecular weight excluding hydrogens is 203 g/mol. The summed E-state index contributed by atoms with van der Waals surface area (Å²) in [5, 5.41) is 4.05. The molecule has 2 aromatic rings. The summed E-state index contributed by atoms with van der Waals surface area (Å²) in [6.45, 7) is 2.13. The molecule has 0 atom stereocenters. The van der Waals surface area contributed by atoms with Crippen molar-refractivity contribution in [1.29, 1.82) is 0 Å². The fourth-order valence-corrected chi connectivity index (χ4v) is 1.86. The van der Waals surface area contributed by atoms with Crippen molar-refractivity contribution in [2.24, 2.45) is 0 Å². The number of aromatic nitrogens is 1. The minimum atomic E-state index is -0.245. The van der Waals surface area contributed by atoms with Gasteiger partial charge in [0.2, 0.25) is 0 Å². The number of nitrogens with one attached hydrogen (secondary N) is 1. The predicted molar refractivity (Wildman–Crippen MR) is 65.2 cm³/mol. The van der Waals surface area contributed by atoms with Gasteiger partial charge in [-0.05, 0) is 30.2 Å². The Bertz CT molecular complexity index is 509. The molecule has 0 bridgehead atoms. The van der Waals surface area contributed by atoms with Crippen molar-refractivity contribution in [3.05, 3.63) is 35.6 Å². The zero-order valence-electron chi connectivity index (χ0n) is 9.55. The second kappa shape index (κ2) is 4.47. The minimum absolute atomic E-state index is 0.245. The Hall–Kier alpha value is -1.64. The summed E-state index contributed by atoms with van der Waals surface area (Å²) < 4.78 is 13.1. The molecule has 0 amide bonds. The van der Waals surface area contributed by atoms with Gasteiger partial charge < -0.3 is 5.32 Å². The van der Waals surface area contributed by atoms with E-state index in [9.17, 15) is 4.39 Å². The highest BCUT2D eigenvalue weighted by Gasteiger charge is 2.05. The van der Waals surface area contributed by atoms with Gasteiger partial charge in [-0.15, -0.1) is 0 Å². The van der Waals surface area contributed by atoms with Crippen molar-refractivity contribution in [2.45, 2.75) is 19.8 Å². The van der Waals surface area contributed by atoms with Gasteiger partial charge in [0, 0.05) is 18.5 Å². The van der Waals surface area contributed by atoms with E-state index in [-0.39, 0.29) is 5.82 Å². The highest BCUT2D eigenvalue weighted by Crippen LogP contribution is 2.22. The van der Waals surface area contributed by atoms with Gasteiger partial charge in [0.25, 0.3) is 0 Å². The molecule has 0 saturated heterocycles. The molecule has 0 aliphatic rings. The van der Waals surface area contributed by atoms with Crippen LogP contribution in [0.5, 0.6) is 0 Å². The highest BCUT2D eigenvalue weighted by atomic mass is 19.1. The van der Waals surface area contributed by atoms with E-state index in [1.165, 1.54) is 17.7 Å². The second-order valence-electron chi connectivity index (χ2n) is 3.83. The Morgan fingerprint density at radius 2 is 2.12 bits per heavy atom. The van der Waals surface area contributed by atoms with Gasteiger partial charge in [-0.25, -0.2) is 9.37 Å². The first-order valence-corrected chi connectivity index (χ1v) is 5.51. The maximum absolute atomic E-state index is 13.1. The minimum Gasteiger partial charge on any atom is -0.373 e. The average Bonchev–Trinajstić information content (AvgIpc) is 2.29. The number of halogens is 1. The van der Waals surface area contributed by atoms with Crippen molar-refractivity contribution in [3.8, 4) is 0 Å². The lowest BCUT2D eigenvalue weighted by molar-refractivity contribution is 0.629. The third-order valence-corrected chi connectivity index (χ3v) is 2.61. The molecule has 1 aromatic heterocycles. The van der Waals surface area contributed by atoms with Crippen LogP contribution in [0.15, 0.2) is 24.3 Å². The fraction of sp³-hybridized carbons (Fsp3) is 0.308. The van der Waals surface area contributed by atoms with Crippen molar-refractivity contribution in [2.75, 3.05) is 12.4 Å². The van der Waals surface area contributed by atoms with E-state index in [1.807, 2.05) is 7.05 Å². The van der Waals surface area contributed by atoms with Gasteiger partial charge in [-0.3, -0.25) is 0 Å². The fourth-order valence-electron chi connectivity index (χ4n) is 1.86. The summed E-state index contributed by atoms with van der Waals surface area (Å²) in [5.74, 6) is 0.602. The van der Waals surface area contributed by atoms with Crippen LogP contribution < -0.4 is 5.32 Å². The second-order valence-corrected chi connectivity index (χ2v) is 3.83. The summed E-state index contributed by atoms with van der Waals surface area (Å²) in [5.41, 5.74) is 1.88. The van der Waals surface area contributed by atoms with Crippen molar-refractivity contribution < 1.29 is 4.39 Å². The molecule has 0 saturated carbocycles. The molecule has 2 nitrogen and oxygen atoms in total. The van der Waals surface area contributed by atoms with E-state index in [1.54, 1.807) is 6.07 Å². The molecule has 1 aromatic carbocycles. The van der Waals surface area contributed by atoms with Crippen LogP contribution in [0.3, 0.4) is 0 Å². The Balaban J connectivity index is 2.60. The number of hydrogen-bond acceptors (Lipinski definition) is 2. The third kappa shape index (κ3) is 1.98. The number of pyridine rings is 1. The number of nitrogens with zero attached hydrogens (tertiary/aromatic N) is 1. The largest absolute Gasteiger partial charge is 0.373 e. The smallest absolute Gasteiger partial charge is 0.129 e. The molecule has 0 spiro atoms. The Morgan fingerprint density at radius 3 is 2.81 bits per heavy atom. The van der Waals surface area contributed by atoms with E-state index < -0.39 is 0 Å². The number of benzene rings is 1. The first kappa shape index (κ1) is 10.9. The van der Waals surface area contributed by atoms with Crippen LogP contribution in [0.2, 0.25) is 0 Å². The van der Waals surface area contributed by atoms with E-state index in [0.29, 0.717) is 5.52 Å². The molecule has 1 N–H and O–H groups in total. The summed E-state index contributed by atoms with van der Waals surface area (Å²) >= 11 is 0. The predicted octanol–water partition coefficient (Wildman–Crippen LogP) is 3.37. The monoisotopic (exact) mass is 218 g/mol. The lowest BCUT2D eigenvalue weighted by Crippen LogP contribution is -1.99. The molecule has 16 heavy (non-hydrogen) atoms. The zero-order valence-corrected chi connectivity index (χ0v) is 9.55. The first-order valence-electron chi connectivity index (χ1n) is 5.51. The number of aryl methyl sites for hydroxylation is 1. The summed E-state index contributed by atoms with van der Waals surface area (Å²) in [6.07, 6.45) is 2.06. The summed E-state index contributed by atoms with van der Waals surface area (Å²) in [7, 11) is 1.84. The molecule has 84 valence electrons. The first-order chi connectivity index (χ1) is 7.74. The van der Waals surface area contributed by atoms with Crippen LogP contribution in [0.1, 0.15) is 18.9 Å².